The lowest BCUT2D eigenvalue weighted by Crippen LogP contribution is -2.26. The number of hydrogen-bond acceptors (Lipinski definition) is 6. The van der Waals surface area contributed by atoms with Gasteiger partial charge in [0.05, 0.1) is 22.8 Å². The van der Waals surface area contributed by atoms with Crippen LogP contribution < -0.4 is 0 Å². The molecule has 0 fully saturated rings. The number of benzene rings is 5. The van der Waals surface area contributed by atoms with Crippen molar-refractivity contribution < 1.29 is 0 Å². The molecule has 1 atom stereocenters. The molecule has 6 heterocycles. The van der Waals surface area contributed by atoms with Gasteiger partial charge in [-0.3, -0.25) is 4.57 Å². The van der Waals surface area contributed by atoms with E-state index in [0.29, 0.717) is 17.6 Å². The molecular formula is C70H56N6S2. The first-order valence-electron chi connectivity index (χ1n) is 27.3. The Morgan fingerprint density at radius 3 is 2.26 bits per heavy atom. The highest BCUT2D eigenvalue weighted by atomic mass is 32.2. The number of rotatable bonds is 6. The summed E-state index contributed by atoms with van der Waals surface area (Å²) in [5, 5.41) is 4.93. The number of aromatic nitrogens is 5. The Morgan fingerprint density at radius 1 is 0.577 bits per heavy atom. The van der Waals surface area contributed by atoms with Crippen LogP contribution >= 0.6 is 23.1 Å². The summed E-state index contributed by atoms with van der Waals surface area (Å²) in [6.45, 7) is 4.00. The fourth-order valence-electron chi connectivity index (χ4n) is 11.9. The minimum atomic E-state index is -0.0542. The highest BCUT2D eigenvalue weighted by Crippen LogP contribution is 2.47. The number of allylic oxidation sites excluding steroid dienone is 19. The van der Waals surface area contributed by atoms with Crippen LogP contribution in [0.3, 0.4) is 0 Å². The van der Waals surface area contributed by atoms with Crippen LogP contribution in [-0.2, 0) is 12.8 Å². The number of nitrogens with zero attached hydrogens (tertiary/aromatic N) is 6. The van der Waals surface area contributed by atoms with Crippen LogP contribution in [0.2, 0.25) is 0 Å². The van der Waals surface area contributed by atoms with Gasteiger partial charge in [-0.15, -0.1) is 11.3 Å². The fourth-order valence-corrected chi connectivity index (χ4v) is 14.1. The minimum absolute atomic E-state index is 0.0542. The Morgan fingerprint density at radius 2 is 1.35 bits per heavy atom. The Bertz CT molecular complexity index is 4360. The molecular weight excluding hydrogens is 989 g/mol. The highest BCUT2D eigenvalue weighted by Gasteiger charge is 2.30. The van der Waals surface area contributed by atoms with Gasteiger partial charge in [-0.05, 0) is 107 Å². The van der Waals surface area contributed by atoms with E-state index >= 15 is 0 Å². The van der Waals surface area contributed by atoms with Gasteiger partial charge in [0.15, 0.2) is 11.6 Å². The van der Waals surface area contributed by atoms with E-state index in [0.717, 1.165) is 71.1 Å². The normalized spacial score (nSPS) is 17.2. The van der Waals surface area contributed by atoms with Crippen molar-refractivity contribution in [1.82, 2.24) is 29.0 Å². The molecule has 0 amide bonds. The number of thiophene rings is 1. The first-order chi connectivity index (χ1) is 38.6. The molecule has 15 rings (SSSR count). The molecule has 8 heteroatoms. The van der Waals surface area contributed by atoms with Gasteiger partial charge in [-0.2, -0.15) is 9.97 Å². The van der Waals surface area contributed by atoms with E-state index in [2.05, 4.69) is 221 Å². The zero-order valence-corrected chi connectivity index (χ0v) is 45.5. The zero-order valence-electron chi connectivity index (χ0n) is 43.9. The molecule has 0 bridgehead atoms. The van der Waals surface area contributed by atoms with E-state index in [1.54, 1.807) is 0 Å². The van der Waals surface area contributed by atoms with Crippen LogP contribution in [-0.4, -0.2) is 36.0 Å². The summed E-state index contributed by atoms with van der Waals surface area (Å²) in [6, 6.07) is 38.2. The van der Waals surface area contributed by atoms with Gasteiger partial charge in [0.25, 0.3) is 0 Å². The van der Waals surface area contributed by atoms with Gasteiger partial charge < -0.3 is 9.47 Å². The quantitative estimate of drug-likeness (QED) is 0.166. The van der Waals surface area contributed by atoms with E-state index in [1.807, 2.05) is 55.1 Å². The molecule has 6 nitrogen and oxygen atoms in total. The molecule has 0 saturated carbocycles. The third kappa shape index (κ3) is 8.30. The van der Waals surface area contributed by atoms with E-state index in [4.69, 9.17) is 15.0 Å². The van der Waals surface area contributed by atoms with Gasteiger partial charge in [0.1, 0.15) is 0 Å². The average Bonchev–Trinajstić information content (AvgIpc) is 3.97. The number of likely N-dealkylation sites (N-methyl/N-ethyl adjacent to an activating group) is 1. The Balaban J connectivity index is 0.00000273. The summed E-state index contributed by atoms with van der Waals surface area (Å²) < 4.78 is 7.47. The minimum Gasteiger partial charge on any atom is -0.363 e. The lowest BCUT2D eigenvalue weighted by molar-refractivity contribution is 0.412. The lowest BCUT2D eigenvalue weighted by atomic mass is 9.94. The first kappa shape index (κ1) is 47.9. The topological polar surface area (TPSA) is 51.8 Å². The maximum Gasteiger partial charge on any atom is 0.238 e. The molecule has 9 aromatic rings. The summed E-state index contributed by atoms with van der Waals surface area (Å²) in [4.78, 5) is 21.2. The van der Waals surface area contributed by atoms with Crippen LogP contribution in [0.5, 0.6) is 0 Å². The molecule has 4 aromatic heterocycles. The molecule has 1 unspecified atom stereocenters. The summed E-state index contributed by atoms with van der Waals surface area (Å²) in [5.41, 5.74) is 16.5. The van der Waals surface area contributed by atoms with Crippen molar-refractivity contribution in [3.8, 4) is 17.3 Å². The van der Waals surface area contributed by atoms with Crippen LogP contribution in [0, 0.1) is 0 Å². The summed E-state index contributed by atoms with van der Waals surface area (Å²) in [6.07, 6.45) is 46.9. The predicted octanol–water partition coefficient (Wildman–Crippen LogP) is 18.3. The van der Waals surface area contributed by atoms with Crippen molar-refractivity contribution >= 4 is 100 Å². The van der Waals surface area contributed by atoms with Crippen LogP contribution in [0.4, 0.5) is 0 Å². The van der Waals surface area contributed by atoms with E-state index < -0.39 is 0 Å². The zero-order chi connectivity index (χ0) is 52.3. The van der Waals surface area contributed by atoms with Gasteiger partial charge in [-0.1, -0.05) is 190 Å². The second-order valence-electron chi connectivity index (χ2n) is 20.2. The van der Waals surface area contributed by atoms with Gasteiger partial charge >= 0.3 is 0 Å². The third-order valence-electron chi connectivity index (χ3n) is 15.6. The van der Waals surface area contributed by atoms with Crippen molar-refractivity contribution in [3.63, 3.8) is 0 Å². The molecule has 78 heavy (non-hydrogen) atoms. The maximum atomic E-state index is 5.37. The SMILES string of the molecule is CC.CN1C(c2ccc3sc4ccccc4c3c2)=CC(n2c3c(c4cc5c(cc42)c2c(n5-c4nc(C5=CCC=CC=C5)nc(-c5ccccc5)n4)CC=CC=C2)C=CCC=C3)=CC1c1ccc2c(c1)CC1=C(CC=CC=C1)S2. The predicted molar refractivity (Wildman–Crippen MR) is 332 cm³/mol. The van der Waals surface area contributed by atoms with Crippen LogP contribution in [0.15, 0.2) is 216 Å². The molecule has 0 N–H and O–H groups in total. The maximum absolute atomic E-state index is 5.37. The van der Waals surface area contributed by atoms with Gasteiger partial charge in [-0.25, -0.2) is 4.98 Å². The van der Waals surface area contributed by atoms with Crippen molar-refractivity contribution in [2.75, 3.05) is 7.05 Å². The van der Waals surface area contributed by atoms with Crippen molar-refractivity contribution in [2.24, 2.45) is 0 Å². The Labute approximate surface area is 463 Å². The van der Waals surface area contributed by atoms with Gasteiger partial charge in [0, 0.05) is 88.7 Å². The summed E-state index contributed by atoms with van der Waals surface area (Å²) in [5.74, 6) is 1.91. The molecule has 5 aromatic carbocycles. The molecule has 378 valence electrons. The Hall–Kier alpha value is -8.56. The average molecular weight is 1050 g/mol. The van der Waals surface area contributed by atoms with Gasteiger partial charge in [0.2, 0.25) is 5.95 Å². The standard InChI is InChI=1S/C68H50N6S2.C2H6/c1-72-58(45-32-34-63-48(36-45)37-47-24-12-5-17-30-62(47)75-63)39-49(40-59(72)46-33-35-65-55(38-46)52-27-18-19-31-64(52)76-65)73-56-28-15-6-13-25-50(56)53-42-61-54(41-60(53)73)51-26-14-7-16-29-57(51)74(61)68-70-66(43-20-8-2-3-9-21-43)69-67(71-68)44-22-10-4-11-23-44;1-2/h2-5,7-8,10-28,31-36,38-42,58H,6,9,29-30,37H2,1H3;1-2H3. The highest BCUT2D eigenvalue weighted by molar-refractivity contribution is 8.03. The molecule has 2 aliphatic heterocycles. The second kappa shape index (κ2) is 20.1. The van der Waals surface area contributed by atoms with Crippen LogP contribution in [0.25, 0.3) is 94.5 Å². The molecule has 0 saturated heterocycles. The number of thioether (sulfide) groups is 1. The smallest absolute Gasteiger partial charge is 0.238 e. The molecule has 0 spiro atoms. The van der Waals surface area contributed by atoms with E-state index in [1.165, 1.54) is 80.1 Å². The van der Waals surface area contributed by atoms with Crippen molar-refractivity contribution in [2.45, 2.75) is 56.9 Å². The van der Waals surface area contributed by atoms with E-state index in [-0.39, 0.29) is 6.04 Å². The summed E-state index contributed by atoms with van der Waals surface area (Å²) in [7, 11) is 2.28. The molecule has 6 aliphatic rings. The second-order valence-corrected chi connectivity index (χ2v) is 22.4. The summed E-state index contributed by atoms with van der Waals surface area (Å²) >= 11 is 3.81. The van der Waals surface area contributed by atoms with Crippen molar-refractivity contribution in [3.05, 3.63) is 256 Å². The Kier molecular flexibility index (Phi) is 12.3. The first-order valence-corrected chi connectivity index (χ1v) is 28.9. The molecule has 0 radical (unpaired) electrons. The van der Waals surface area contributed by atoms with Crippen LogP contribution in [0.1, 0.15) is 84.2 Å². The number of fused-ring (bicyclic) bond motifs is 10. The monoisotopic (exact) mass is 1040 g/mol. The molecule has 4 aliphatic carbocycles. The van der Waals surface area contributed by atoms with Crippen molar-refractivity contribution in [1.29, 1.82) is 0 Å². The third-order valence-corrected chi connectivity index (χ3v) is 18.1. The largest absolute Gasteiger partial charge is 0.363 e. The van der Waals surface area contributed by atoms with E-state index in [9.17, 15) is 0 Å². The fraction of sp³-hybridized carbons (Fsp3) is 0.129. The number of hydrogen-bond donors (Lipinski definition) is 0. The lowest BCUT2D eigenvalue weighted by Gasteiger charge is -2.36.